The summed E-state index contributed by atoms with van der Waals surface area (Å²) in [6.45, 7) is 7.73. The zero-order chi connectivity index (χ0) is 21.9. The van der Waals surface area contributed by atoms with E-state index in [1.165, 1.54) is 0 Å². The van der Waals surface area contributed by atoms with E-state index in [9.17, 15) is 4.79 Å². The van der Waals surface area contributed by atoms with Crippen molar-refractivity contribution in [1.82, 2.24) is 5.32 Å². The van der Waals surface area contributed by atoms with Crippen LogP contribution in [0.25, 0.3) is 0 Å². The number of hydrogen-bond acceptors (Lipinski definition) is 4. The van der Waals surface area contributed by atoms with E-state index in [0.717, 1.165) is 35.2 Å². The first-order valence-electron chi connectivity index (χ1n) is 10.2. The van der Waals surface area contributed by atoms with Crippen molar-refractivity contribution in [2.24, 2.45) is 5.92 Å². The van der Waals surface area contributed by atoms with Crippen LogP contribution in [0.4, 0.5) is 5.69 Å². The topological polar surface area (TPSA) is 59.6 Å². The summed E-state index contributed by atoms with van der Waals surface area (Å²) in [5.41, 5.74) is 1.24. The van der Waals surface area contributed by atoms with E-state index >= 15 is 0 Å². The molecule has 0 aromatic heterocycles. The smallest absolute Gasteiger partial charge is 0.257 e. The van der Waals surface area contributed by atoms with Crippen LogP contribution in [0.2, 0.25) is 0 Å². The lowest BCUT2D eigenvalue weighted by Crippen LogP contribution is -2.34. The summed E-state index contributed by atoms with van der Waals surface area (Å²) in [6.07, 6.45) is 3.05. The number of ether oxygens (including phenoxy) is 2. The highest BCUT2D eigenvalue weighted by molar-refractivity contribution is 9.10. The van der Waals surface area contributed by atoms with Gasteiger partial charge in [-0.3, -0.25) is 10.1 Å². The first kappa shape index (κ1) is 24.2. The van der Waals surface area contributed by atoms with Crippen molar-refractivity contribution in [2.45, 2.75) is 40.0 Å². The molecule has 0 bridgehead atoms. The second-order valence-electron chi connectivity index (χ2n) is 7.31. The van der Waals surface area contributed by atoms with E-state index in [0.29, 0.717) is 30.4 Å². The molecule has 7 heteroatoms. The molecule has 0 fully saturated rings. The van der Waals surface area contributed by atoms with Gasteiger partial charge in [-0.15, -0.1) is 0 Å². The Morgan fingerprint density at radius 1 is 1.13 bits per heavy atom. The van der Waals surface area contributed by atoms with Gasteiger partial charge in [0.05, 0.1) is 17.7 Å². The maximum Gasteiger partial charge on any atom is 0.257 e. The van der Waals surface area contributed by atoms with Crippen LogP contribution in [0.3, 0.4) is 0 Å². The van der Waals surface area contributed by atoms with E-state index in [1.807, 2.05) is 24.3 Å². The van der Waals surface area contributed by atoms with Gasteiger partial charge >= 0.3 is 0 Å². The molecule has 2 aromatic rings. The lowest BCUT2D eigenvalue weighted by atomic mass is 10.1. The SMILES string of the molecule is CCCCOc1cccc(NC(=S)NC(=O)c2ccc(OCCC(C)C)c(Br)c2)c1. The molecule has 0 saturated heterocycles. The molecule has 0 saturated carbocycles. The molecule has 0 unspecified atom stereocenters. The minimum absolute atomic E-state index is 0.221. The van der Waals surface area contributed by atoms with Crippen molar-refractivity contribution >= 4 is 44.9 Å². The number of anilines is 1. The number of unbranched alkanes of at least 4 members (excludes halogenated alkanes) is 1. The van der Waals surface area contributed by atoms with Crippen LogP contribution < -0.4 is 20.1 Å². The summed E-state index contributed by atoms with van der Waals surface area (Å²) in [5, 5.41) is 5.94. The molecule has 2 N–H and O–H groups in total. The van der Waals surface area contributed by atoms with Crippen molar-refractivity contribution in [1.29, 1.82) is 0 Å². The van der Waals surface area contributed by atoms with Gasteiger partial charge < -0.3 is 14.8 Å². The zero-order valence-corrected chi connectivity index (χ0v) is 20.1. The highest BCUT2D eigenvalue weighted by Crippen LogP contribution is 2.26. The van der Waals surface area contributed by atoms with E-state index in [2.05, 4.69) is 47.3 Å². The van der Waals surface area contributed by atoms with E-state index < -0.39 is 0 Å². The Bertz CT molecular complexity index is 858. The minimum atomic E-state index is -0.294. The first-order chi connectivity index (χ1) is 14.4. The van der Waals surface area contributed by atoms with Crippen LogP contribution in [0.1, 0.15) is 50.4 Å². The number of halogens is 1. The van der Waals surface area contributed by atoms with Gasteiger partial charge in [0, 0.05) is 17.3 Å². The number of carbonyl (C=O) groups excluding carboxylic acids is 1. The van der Waals surface area contributed by atoms with Crippen LogP contribution in [-0.4, -0.2) is 24.2 Å². The Kier molecular flexibility index (Phi) is 10.1. The third-order valence-electron chi connectivity index (χ3n) is 4.23. The van der Waals surface area contributed by atoms with E-state index in [-0.39, 0.29) is 11.0 Å². The maximum absolute atomic E-state index is 12.5. The van der Waals surface area contributed by atoms with Crippen LogP contribution in [0.15, 0.2) is 46.9 Å². The molecule has 0 atom stereocenters. The maximum atomic E-state index is 12.5. The van der Waals surface area contributed by atoms with Crippen molar-refractivity contribution in [3.8, 4) is 11.5 Å². The second kappa shape index (κ2) is 12.5. The summed E-state index contributed by atoms with van der Waals surface area (Å²) in [6, 6.07) is 12.7. The molecule has 0 radical (unpaired) electrons. The fourth-order valence-corrected chi connectivity index (χ4v) is 3.20. The van der Waals surface area contributed by atoms with Crippen LogP contribution >= 0.6 is 28.1 Å². The fraction of sp³-hybridized carbons (Fsp3) is 0.391. The molecule has 30 heavy (non-hydrogen) atoms. The third-order valence-corrected chi connectivity index (χ3v) is 5.06. The molecule has 2 rings (SSSR count). The van der Waals surface area contributed by atoms with Crippen LogP contribution in [0, 0.1) is 5.92 Å². The van der Waals surface area contributed by atoms with E-state index in [1.54, 1.807) is 18.2 Å². The standard InChI is InChI=1S/C23H29BrN2O3S/c1-4-5-12-28-19-8-6-7-18(15-19)25-23(30)26-22(27)17-9-10-21(20(24)14-17)29-13-11-16(2)3/h6-10,14-16H,4-5,11-13H2,1-3H3,(H2,25,26,27,30). The van der Waals surface area contributed by atoms with Gasteiger partial charge in [0.1, 0.15) is 11.5 Å². The van der Waals surface area contributed by atoms with Gasteiger partial charge in [0.15, 0.2) is 5.11 Å². The molecule has 5 nitrogen and oxygen atoms in total. The van der Waals surface area contributed by atoms with Gasteiger partial charge in [-0.1, -0.05) is 33.3 Å². The quantitative estimate of drug-likeness (QED) is 0.306. The van der Waals surface area contributed by atoms with Crippen molar-refractivity contribution < 1.29 is 14.3 Å². The van der Waals surface area contributed by atoms with E-state index in [4.69, 9.17) is 21.7 Å². The van der Waals surface area contributed by atoms with Crippen LogP contribution in [0.5, 0.6) is 11.5 Å². The van der Waals surface area contributed by atoms with Gasteiger partial charge in [-0.2, -0.15) is 0 Å². The number of nitrogens with one attached hydrogen (secondary N) is 2. The van der Waals surface area contributed by atoms with Gasteiger partial charge in [0.2, 0.25) is 0 Å². The second-order valence-corrected chi connectivity index (χ2v) is 8.58. The molecular formula is C23H29BrN2O3S. The largest absolute Gasteiger partial charge is 0.494 e. The number of carbonyl (C=O) groups is 1. The Balaban J connectivity index is 1.90. The first-order valence-corrected chi connectivity index (χ1v) is 11.4. The van der Waals surface area contributed by atoms with Gasteiger partial charge in [-0.25, -0.2) is 0 Å². The summed E-state index contributed by atoms with van der Waals surface area (Å²) in [4.78, 5) is 12.5. The summed E-state index contributed by atoms with van der Waals surface area (Å²) < 4.78 is 12.2. The molecular weight excluding hydrogens is 464 g/mol. The average molecular weight is 493 g/mol. The zero-order valence-electron chi connectivity index (χ0n) is 17.7. The molecule has 0 aliphatic rings. The highest BCUT2D eigenvalue weighted by atomic mass is 79.9. The fourth-order valence-electron chi connectivity index (χ4n) is 2.50. The molecule has 0 aliphatic carbocycles. The molecule has 2 aromatic carbocycles. The third kappa shape index (κ3) is 8.32. The normalized spacial score (nSPS) is 10.6. The van der Waals surface area contributed by atoms with Gasteiger partial charge in [-0.05, 0) is 77.2 Å². The number of benzene rings is 2. The average Bonchev–Trinajstić information content (AvgIpc) is 2.69. The number of amides is 1. The predicted octanol–water partition coefficient (Wildman–Crippen LogP) is 6.18. The minimum Gasteiger partial charge on any atom is -0.494 e. The summed E-state index contributed by atoms with van der Waals surface area (Å²) >= 11 is 8.75. The molecule has 0 aliphatic heterocycles. The Labute approximate surface area is 192 Å². The van der Waals surface area contributed by atoms with Crippen molar-refractivity contribution in [3.05, 3.63) is 52.5 Å². The lowest BCUT2D eigenvalue weighted by molar-refractivity contribution is 0.0977. The monoisotopic (exact) mass is 492 g/mol. The van der Waals surface area contributed by atoms with Gasteiger partial charge in [0.25, 0.3) is 5.91 Å². The highest BCUT2D eigenvalue weighted by Gasteiger charge is 2.11. The van der Waals surface area contributed by atoms with Crippen molar-refractivity contribution in [2.75, 3.05) is 18.5 Å². The molecule has 0 spiro atoms. The molecule has 1 amide bonds. The predicted molar refractivity (Wildman–Crippen MR) is 130 cm³/mol. The number of rotatable bonds is 10. The number of thiocarbonyl (C=S) groups is 1. The number of hydrogen-bond donors (Lipinski definition) is 2. The Morgan fingerprint density at radius 2 is 1.93 bits per heavy atom. The lowest BCUT2D eigenvalue weighted by Gasteiger charge is -2.13. The van der Waals surface area contributed by atoms with Crippen LogP contribution in [-0.2, 0) is 0 Å². The molecule has 0 heterocycles. The molecule has 162 valence electrons. The summed E-state index contributed by atoms with van der Waals surface area (Å²) in [5.74, 6) is 1.76. The Morgan fingerprint density at radius 3 is 2.63 bits per heavy atom. The van der Waals surface area contributed by atoms with Crippen molar-refractivity contribution in [3.63, 3.8) is 0 Å². The Hall–Kier alpha value is -2.12. The summed E-state index contributed by atoms with van der Waals surface area (Å²) in [7, 11) is 0.